The van der Waals surface area contributed by atoms with Gasteiger partial charge in [-0.15, -0.1) is 0 Å². The molecule has 1 aromatic carbocycles. The zero-order valence-corrected chi connectivity index (χ0v) is 12.9. The summed E-state index contributed by atoms with van der Waals surface area (Å²) in [6.45, 7) is 1.99. The fraction of sp³-hybridized carbons (Fsp3) is 0.267. The van der Waals surface area contributed by atoms with E-state index in [0.29, 0.717) is 17.1 Å². The van der Waals surface area contributed by atoms with E-state index < -0.39 is 5.69 Å². The number of hydrogen-bond acceptors (Lipinski definition) is 4. The van der Waals surface area contributed by atoms with Crippen LogP contribution in [0.25, 0.3) is 11.2 Å². The fourth-order valence-electron chi connectivity index (χ4n) is 2.46. The van der Waals surface area contributed by atoms with Gasteiger partial charge in [0.1, 0.15) is 0 Å². The van der Waals surface area contributed by atoms with Crippen LogP contribution in [0.4, 0.5) is 11.6 Å². The molecule has 0 atom stereocenters. The van der Waals surface area contributed by atoms with Crippen molar-refractivity contribution in [3.63, 3.8) is 0 Å². The van der Waals surface area contributed by atoms with Crippen molar-refractivity contribution in [1.29, 1.82) is 0 Å². The van der Waals surface area contributed by atoms with Crippen molar-refractivity contribution in [3.05, 3.63) is 50.7 Å². The van der Waals surface area contributed by atoms with Gasteiger partial charge in [0.05, 0.1) is 0 Å². The minimum atomic E-state index is -0.391. The second-order valence-corrected chi connectivity index (χ2v) is 5.31. The first kappa shape index (κ1) is 14.1. The molecular weight excluding hydrogens is 282 g/mol. The molecule has 1 N–H and O–H groups in total. The number of para-hydroxylation sites is 1. The van der Waals surface area contributed by atoms with Gasteiger partial charge in [-0.25, -0.2) is 4.79 Å². The Morgan fingerprint density at radius 1 is 1.00 bits per heavy atom. The van der Waals surface area contributed by atoms with E-state index in [2.05, 4.69) is 10.3 Å². The Labute approximate surface area is 126 Å². The highest BCUT2D eigenvalue weighted by atomic mass is 16.2. The number of nitrogens with zero attached hydrogens (tertiary/aromatic N) is 4. The average molecular weight is 299 g/mol. The molecule has 114 valence electrons. The Morgan fingerprint density at radius 3 is 2.36 bits per heavy atom. The van der Waals surface area contributed by atoms with Gasteiger partial charge < -0.3 is 9.88 Å². The zero-order valence-electron chi connectivity index (χ0n) is 12.9. The van der Waals surface area contributed by atoms with Gasteiger partial charge in [-0.2, -0.15) is 4.98 Å². The van der Waals surface area contributed by atoms with E-state index in [1.54, 1.807) is 18.7 Å². The molecule has 7 nitrogen and oxygen atoms in total. The predicted molar refractivity (Wildman–Crippen MR) is 85.7 cm³/mol. The molecule has 0 saturated heterocycles. The van der Waals surface area contributed by atoms with Crippen LogP contribution in [0.15, 0.2) is 33.9 Å². The van der Waals surface area contributed by atoms with E-state index in [9.17, 15) is 9.59 Å². The first-order chi connectivity index (χ1) is 10.4. The number of anilines is 2. The molecule has 7 heteroatoms. The minimum absolute atomic E-state index is 0.356. The van der Waals surface area contributed by atoms with Gasteiger partial charge in [0.25, 0.3) is 5.56 Å². The largest absolute Gasteiger partial charge is 0.332 e. The molecule has 3 aromatic rings. The molecule has 22 heavy (non-hydrogen) atoms. The van der Waals surface area contributed by atoms with Gasteiger partial charge >= 0.3 is 5.69 Å². The molecule has 2 aromatic heterocycles. The number of nitrogens with one attached hydrogen (secondary N) is 1. The van der Waals surface area contributed by atoms with Gasteiger partial charge in [-0.3, -0.25) is 13.9 Å². The molecule has 2 heterocycles. The molecule has 0 spiro atoms. The third-order valence-corrected chi connectivity index (χ3v) is 3.87. The summed E-state index contributed by atoms with van der Waals surface area (Å²) in [6, 6.07) is 7.80. The second-order valence-electron chi connectivity index (χ2n) is 5.31. The Balaban J connectivity index is 2.26. The number of rotatable bonds is 2. The third kappa shape index (κ3) is 1.93. The van der Waals surface area contributed by atoms with E-state index in [-0.39, 0.29) is 5.56 Å². The summed E-state index contributed by atoms with van der Waals surface area (Å²) in [7, 11) is 4.82. The summed E-state index contributed by atoms with van der Waals surface area (Å²) in [5.74, 6) is 0.516. The van der Waals surface area contributed by atoms with Gasteiger partial charge in [-0.05, 0) is 18.6 Å². The van der Waals surface area contributed by atoms with E-state index in [1.807, 2.05) is 31.2 Å². The van der Waals surface area contributed by atoms with Crippen molar-refractivity contribution >= 4 is 22.8 Å². The number of hydrogen-bond donors (Lipinski definition) is 1. The van der Waals surface area contributed by atoms with Crippen molar-refractivity contribution in [1.82, 2.24) is 18.7 Å². The second kappa shape index (κ2) is 4.87. The number of aromatic nitrogens is 4. The topological polar surface area (TPSA) is 73.8 Å². The highest BCUT2D eigenvalue weighted by Gasteiger charge is 2.17. The Hall–Kier alpha value is -2.83. The van der Waals surface area contributed by atoms with E-state index in [0.717, 1.165) is 15.8 Å². The molecule has 0 amide bonds. The van der Waals surface area contributed by atoms with Crippen LogP contribution in [-0.2, 0) is 21.1 Å². The monoisotopic (exact) mass is 299 g/mol. The minimum Gasteiger partial charge on any atom is -0.325 e. The Morgan fingerprint density at radius 2 is 1.68 bits per heavy atom. The van der Waals surface area contributed by atoms with Crippen molar-refractivity contribution in [2.75, 3.05) is 5.32 Å². The maximum atomic E-state index is 12.3. The van der Waals surface area contributed by atoms with Gasteiger partial charge in [-0.1, -0.05) is 18.2 Å². The van der Waals surface area contributed by atoms with Gasteiger partial charge in [0, 0.05) is 26.8 Å². The van der Waals surface area contributed by atoms with E-state index in [4.69, 9.17) is 0 Å². The maximum Gasteiger partial charge on any atom is 0.332 e. The molecule has 0 fully saturated rings. The normalized spacial score (nSPS) is 11.1. The van der Waals surface area contributed by atoms with E-state index in [1.165, 1.54) is 11.6 Å². The quantitative estimate of drug-likeness (QED) is 0.767. The first-order valence-corrected chi connectivity index (χ1v) is 6.87. The third-order valence-electron chi connectivity index (χ3n) is 3.87. The lowest BCUT2D eigenvalue weighted by Gasteiger charge is -2.08. The molecule has 3 rings (SSSR count). The van der Waals surface area contributed by atoms with Crippen molar-refractivity contribution < 1.29 is 0 Å². The van der Waals surface area contributed by atoms with Crippen LogP contribution in [0.1, 0.15) is 5.56 Å². The standard InChI is InChI=1S/C15H17N5O2/c1-9-7-5-6-8-10(9)16-14-17-12-11(18(14)2)13(21)20(4)15(22)19(12)3/h5-8H,1-4H3,(H,16,17). The Bertz CT molecular complexity index is 994. The fourth-order valence-corrected chi connectivity index (χ4v) is 2.46. The molecular formula is C15H17N5O2. The smallest absolute Gasteiger partial charge is 0.325 e. The highest BCUT2D eigenvalue weighted by Crippen LogP contribution is 2.21. The van der Waals surface area contributed by atoms with Crippen molar-refractivity contribution in [2.45, 2.75) is 6.92 Å². The molecule has 0 aliphatic carbocycles. The van der Waals surface area contributed by atoms with Crippen LogP contribution < -0.4 is 16.6 Å². The first-order valence-electron chi connectivity index (χ1n) is 6.87. The molecule has 0 saturated carbocycles. The van der Waals surface area contributed by atoms with Crippen LogP contribution in [0.2, 0.25) is 0 Å². The molecule has 0 aliphatic rings. The molecule has 0 unspecified atom stereocenters. The summed E-state index contributed by atoms with van der Waals surface area (Å²) in [5, 5.41) is 3.21. The SMILES string of the molecule is Cc1ccccc1Nc1nc2c(c(=O)n(C)c(=O)n2C)n1C. The van der Waals surface area contributed by atoms with Gasteiger partial charge in [0.15, 0.2) is 11.2 Å². The van der Waals surface area contributed by atoms with Crippen LogP contribution in [0.3, 0.4) is 0 Å². The summed E-state index contributed by atoms with van der Waals surface area (Å²) < 4.78 is 4.13. The predicted octanol–water partition coefficient (Wildman–Crippen LogP) is 1.02. The maximum absolute atomic E-state index is 12.3. The van der Waals surface area contributed by atoms with Crippen LogP contribution >= 0.6 is 0 Å². The Kier molecular flexibility index (Phi) is 3.13. The molecule has 0 aliphatic heterocycles. The van der Waals surface area contributed by atoms with E-state index >= 15 is 0 Å². The van der Waals surface area contributed by atoms with Crippen LogP contribution in [0.5, 0.6) is 0 Å². The van der Waals surface area contributed by atoms with Gasteiger partial charge in [0.2, 0.25) is 5.95 Å². The van der Waals surface area contributed by atoms with Crippen molar-refractivity contribution in [3.8, 4) is 0 Å². The van der Waals surface area contributed by atoms with Crippen LogP contribution in [-0.4, -0.2) is 18.7 Å². The van der Waals surface area contributed by atoms with Crippen LogP contribution in [0, 0.1) is 6.92 Å². The lowest BCUT2D eigenvalue weighted by atomic mass is 10.2. The number of fused-ring (bicyclic) bond motifs is 1. The lowest BCUT2D eigenvalue weighted by molar-refractivity contribution is 0.705. The summed E-state index contributed by atoms with van der Waals surface area (Å²) in [4.78, 5) is 28.7. The summed E-state index contributed by atoms with van der Waals surface area (Å²) in [6.07, 6.45) is 0. The number of imidazole rings is 1. The highest BCUT2D eigenvalue weighted by molar-refractivity contribution is 5.75. The summed E-state index contributed by atoms with van der Waals surface area (Å²) >= 11 is 0. The van der Waals surface area contributed by atoms with Crippen molar-refractivity contribution in [2.24, 2.45) is 21.1 Å². The molecule has 0 radical (unpaired) electrons. The molecule has 0 bridgehead atoms. The number of benzene rings is 1. The zero-order chi connectivity index (χ0) is 16.0. The number of aryl methyl sites for hydroxylation is 3. The average Bonchev–Trinajstić information content (AvgIpc) is 2.82. The lowest BCUT2D eigenvalue weighted by Crippen LogP contribution is -2.37. The summed E-state index contributed by atoms with van der Waals surface area (Å²) in [5.41, 5.74) is 1.98.